The summed E-state index contributed by atoms with van der Waals surface area (Å²) in [5.74, 6) is 0.531. The van der Waals surface area contributed by atoms with E-state index in [0.717, 1.165) is 25.7 Å². The van der Waals surface area contributed by atoms with Crippen molar-refractivity contribution >= 4 is 0 Å². The molecule has 1 aromatic rings. The third-order valence-corrected chi connectivity index (χ3v) is 5.36. The molecule has 3 rings (SSSR count). The molecule has 0 aromatic heterocycles. The molecule has 2 heteroatoms. The molecule has 2 aliphatic rings. The highest BCUT2D eigenvalue weighted by Gasteiger charge is 2.39. The Bertz CT molecular complexity index is 445. The van der Waals surface area contributed by atoms with Gasteiger partial charge in [0.15, 0.2) is 0 Å². The third-order valence-electron chi connectivity index (χ3n) is 5.36. The molecule has 110 valence electrons. The second-order valence-corrected chi connectivity index (χ2v) is 6.62. The van der Waals surface area contributed by atoms with Crippen molar-refractivity contribution in [2.75, 3.05) is 7.11 Å². The number of hydrogen-bond acceptors (Lipinski definition) is 2. The molecule has 0 saturated heterocycles. The molecule has 2 atom stereocenters. The quantitative estimate of drug-likeness (QED) is 0.884. The Morgan fingerprint density at radius 3 is 2.80 bits per heavy atom. The highest BCUT2D eigenvalue weighted by molar-refractivity contribution is 5.32. The van der Waals surface area contributed by atoms with Gasteiger partial charge in [-0.15, -0.1) is 0 Å². The topological polar surface area (TPSA) is 29.5 Å². The monoisotopic (exact) mass is 274 g/mol. The van der Waals surface area contributed by atoms with Gasteiger partial charge in [0.1, 0.15) is 0 Å². The van der Waals surface area contributed by atoms with Crippen molar-refractivity contribution in [3.05, 3.63) is 35.4 Å². The van der Waals surface area contributed by atoms with Crippen LogP contribution in [-0.4, -0.2) is 23.9 Å². The van der Waals surface area contributed by atoms with Crippen molar-refractivity contribution in [1.82, 2.24) is 0 Å². The average Bonchev–Trinajstić information content (AvgIpc) is 2.43. The van der Waals surface area contributed by atoms with Gasteiger partial charge in [-0.3, -0.25) is 0 Å². The molecular formula is C18H26O2. The van der Waals surface area contributed by atoms with Crippen molar-refractivity contribution in [2.45, 2.75) is 69.0 Å². The zero-order valence-corrected chi connectivity index (χ0v) is 12.5. The summed E-state index contributed by atoms with van der Waals surface area (Å²) < 4.78 is 5.64. The summed E-state index contributed by atoms with van der Waals surface area (Å²) in [4.78, 5) is 0. The van der Waals surface area contributed by atoms with Crippen LogP contribution in [0.25, 0.3) is 0 Å². The van der Waals surface area contributed by atoms with Crippen LogP contribution in [0, 0.1) is 0 Å². The minimum Gasteiger partial charge on any atom is -0.393 e. The molecule has 1 saturated carbocycles. The van der Waals surface area contributed by atoms with Crippen LogP contribution in [0.15, 0.2) is 24.3 Å². The van der Waals surface area contributed by atoms with Crippen molar-refractivity contribution in [2.24, 2.45) is 0 Å². The van der Waals surface area contributed by atoms with Crippen LogP contribution in [0.1, 0.15) is 62.0 Å². The summed E-state index contributed by atoms with van der Waals surface area (Å²) in [6.45, 7) is 0. The summed E-state index contributed by atoms with van der Waals surface area (Å²) in [6, 6.07) is 8.76. The zero-order valence-electron chi connectivity index (χ0n) is 12.5. The SMILES string of the molecule is COC1(CC(O)CC2CCCc3ccccc32)CCC1. The molecule has 0 amide bonds. The Labute approximate surface area is 122 Å². The fourth-order valence-electron chi connectivity index (χ4n) is 4.00. The van der Waals surface area contributed by atoms with Gasteiger partial charge >= 0.3 is 0 Å². The van der Waals surface area contributed by atoms with E-state index in [2.05, 4.69) is 24.3 Å². The lowest BCUT2D eigenvalue weighted by molar-refractivity contribution is -0.101. The van der Waals surface area contributed by atoms with Gasteiger partial charge in [0.25, 0.3) is 0 Å². The van der Waals surface area contributed by atoms with Gasteiger partial charge in [-0.25, -0.2) is 0 Å². The number of aliphatic hydroxyl groups excluding tert-OH is 1. The summed E-state index contributed by atoms with van der Waals surface area (Å²) in [7, 11) is 1.79. The van der Waals surface area contributed by atoms with Gasteiger partial charge in [-0.2, -0.15) is 0 Å². The van der Waals surface area contributed by atoms with Crippen molar-refractivity contribution in [3.8, 4) is 0 Å². The van der Waals surface area contributed by atoms with E-state index >= 15 is 0 Å². The Balaban J connectivity index is 1.63. The van der Waals surface area contributed by atoms with Gasteiger partial charge in [-0.1, -0.05) is 24.3 Å². The van der Waals surface area contributed by atoms with Crippen LogP contribution in [0.4, 0.5) is 0 Å². The van der Waals surface area contributed by atoms with Crippen molar-refractivity contribution in [3.63, 3.8) is 0 Å². The molecule has 20 heavy (non-hydrogen) atoms. The summed E-state index contributed by atoms with van der Waals surface area (Å²) >= 11 is 0. The predicted molar refractivity (Wildman–Crippen MR) is 81.0 cm³/mol. The number of hydrogen-bond donors (Lipinski definition) is 1. The normalized spacial score (nSPS) is 25.6. The van der Waals surface area contributed by atoms with Crippen LogP contribution in [-0.2, 0) is 11.2 Å². The van der Waals surface area contributed by atoms with E-state index in [1.165, 1.54) is 36.8 Å². The first kappa shape index (κ1) is 14.1. The van der Waals surface area contributed by atoms with E-state index in [1.54, 1.807) is 7.11 Å². The number of aryl methyl sites for hydroxylation is 1. The van der Waals surface area contributed by atoms with E-state index in [-0.39, 0.29) is 11.7 Å². The van der Waals surface area contributed by atoms with Gasteiger partial charge in [-0.05, 0) is 62.0 Å². The molecule has 0 aliphatic heterocycles. The number of rotatable bonds is 5. The highest BCUT2D eigenvalue weighted by Crippen LogP contribution is 2.41. The molecule has 0 spiro atoms. The number of fused-ring (bicyclic) bond motifs is 1. The first-order valence-electron chi connectivity index (χ1n) is 8.03. The van der Waals surface area contributed by atoms with Crippen LogP contribution in [0.2, 0.25) is 0 Å². The van der Waals surface area contributed by atoms with Crippen LogP contribution in [0.5, 0.6) is 0 Å². The Kier molecular flexibility index (Phi) is 4.13. The van der Waals surface area contributed by atoms with Crippen LogP contribution >= 0.6 is 0 Å². The minimum absolute atomic E-state index is 0.0202. The number of ether oxygens (including phenoxy) is 1. The molecule has 1 fully saturated rings. The Hall–Kier alpha value is -0.860. The zero-order chi connectivity index (χ0) is 14.0. The lowest BCUT2D eigenvalue weighted by Gasteiger charge is -2.42. The van der Waals surface area contributed by atoms with Crippen molar-refractivity contribution in [1.29, 1.82) is 0 Å². The predicted octanol–water partition coefficient (Wildman–Crippen LogP) is 3.82. The summed E-state index contributed by atoms with van der Waals surface area (Å²) in [5, 5.41) is 10.5. The van der Waals surface area contributed by atoms with E-state index in [4.69, 9.17) is 4.74 Å². The molecule has 2 nitrogen and oxygen atoms in total. The van der Waals surface area contributed by atoms with Crippen molar-refractivity contribution < 1.29 is 9.84 Å². The molecular weight excluding hydrogens is 248 g/mol. The van der Waals surface area contributed by atoms with E-state index in [0.29, 0.717) is 5.92 Å². The number of methoxy groups -OCH3 is 1. The molecule has 2 aliphatic carbocycles. The molecule has 0 heterocycles. The van der Waals surface area contributed by atoms with E-state index < -0.39 is 0 Å². The Morgan fingerprint density at radius 1 is 1.30 bits per heavy atom. The maximum atomic E-state index is 10.5. The fourth-order valence-corrected chi connectivity index (χ4v) is 4.00. The smallest absolute Gasteiger partial charge is 0.0703 e. The number of benzene rings is 1. The molecule has 2 unspecified atom stereocenters. The van der Waals surface area contributed by atoms with Gasteiger partial charge in [0, 0.05) is 13.5 Å². The molecule has 0 radical (unpaired) electrons. The first-order valence-corrected chi connectivity index (χ1v) is 8.03. The van der Waals surface area contributed by atoms with Gasteiger partial charge in [0.05, 0.1) is 11.7 Å². The van der Waals surface area contributed by atoms with Crippen LogP contribution < -0.4 is 0 Å². The summed E-state index contributed by atoms with van der Waals surface area (Å²) in [6.07, 6.45) is 8.61. The lowest BCUT2D eigenvalue weighted by Crippen LogP contribution is -2.42. The molecule has 1 N–H and O–H groups in total. The second kappa shape index (κ2) is 5.87. The van der Waals surface area contributed by atoms with E-state index in [1.807, 2.05) is 0 Å². The maximum Gasteiger partial charge on any atom is 0.0703 e. The minimum atomic E-state index is -0.230. The van der Waals surface area contributed by atoms with Crippen LogP contribution in [0.3, 0.4) is 0 Å². The van der Waals surface area contributed by atoms with Gasteiger partial charge < -0.3 is 9.84 Å². The van der Waals surface area contributed by atoms with E-state index in [9.17, 15) is 5.11 Å². The Morgan fingerprint density at radius 2 is 2.10 bits per heavy atom. The highest BCUT2D eigenvalue weighted by atomic mass is 16.5. The second-order valence-electron chi connectivity index (χ2n) is 6.62. The summed E-state index contributed by atoms with van der Waals surface area (Å²) in [5.41, 5.74) is 2.94. The first-order chi connectivity index (χ1) is 9.72. The lowest BCUT2D eigenvalue weighted by atomic mass is 9.73. The average molecular weight is 274 g/mol. The maximum absolute atomic E-state index is 10.5. The third kappa shape index (κ3) is 2.77. The fraction of sp³-hybridized carbons (Fsp3) is 0.667. The number of aliphatic hydroxyl groups is 1. The van der Waals surface area contributed by atoms with Gasteiger partial charge in [0.2, 0.25) is 0 Å². The standard InChI is InChI=1S/C18H26O2/c1-20-18(10-5-11-18)13-16(19)12-15-8-4-7-14-6-2-3-9-17(14)15/h2-3,6,9,15-16,19H,4-5,7-8,10-13H2,1H3. The molecule has 0 bridgehead atoms. The largest absolute Gasteiger partial charge is 0.393 e. The molecule has 1 aromatic carbocycles.